The average Bonchev–Trinajstić information content (AvgIpc) is 3.11. The highest BCUT2D eigenvalue weighted by atomic mass is 16.5. The Hall–Kier alpha value is -3.54. The third-order valence-corrected chi connectivity index (χ3v) is 5.61. The number of unbranched alkanes of at least 4 members (excludes halogenated alkanes) is 1. The van der Waals surface area contributed by atoms with Crippen molar-refractivity contribution in [3.63, 3.8) is 0 Å². The molecule has 3 N–H and O–H groups in total. The number of ether oxygens (including phenoxy) is 1. The zero-order valence-corrected chi connectivity index (χ0v) is 18.1. The van der Waals surface area contributed by atoms with Gasteiger partial charge in [0.15, 0.2) is 0 Å². The second-order valence-corrected chi connectivity index (χ2v) is 7.57. The molecule has 0 bridgehead atoms. The van der Waals surface area contributed by atoms with E-state index in [1.165, 1.54) is 0 Å². The molecule has 1 unspecified atom stereocenters. The van der Waals surface area contributed by atoms with Gasteiger partial charge in [0.25, 0.3) is 5.91 Å². The Morgan fingerprint density at radius 3 is 2.39 bits per heavy atom. The summed E-state index contributed by atoms with van der Waals surface area (Å²) in [5.41, 5.74) is 9.83. The molecule has 1 amide bonds. The Labute approximate surface area is 182 Å². The number of methoxy groups -OCH3 is 1. The first-order valence-corrected chi connectivity index (χ1v) is 10.3. The molecule has 1 atom stereocenters. The van der Waals surface area contributed by atoms with Crippen LogP contribution in [0.15, 0.2) is 54.6 Å². The van der Waals surface area contributed by atoms with Crippen LogP contribution in [0.1, 0.15) is 48.2 Å². The van der Waals surface area contributed by atoms with Crippen LogP contribution in [0.2, 0.25) is 0 Å². The van der Waals surface area contributed by atoms with Crippen LogP contribution in [0, 0.1) is 0 Å². The summed E-state index contributed by atoms with van der Waals surface area (Å²) in [6.45, 7) is 2.04. The molecule has 6 heteroatoms. The highest BCUT2D eigenvalue weighted by Crippen LogP contribution is 2.38. The molecule has 0 saturated carbocycles. The summed E-state index contributed by atoms with van der Waals surface area (Å²) < 4.78 is 7.12. The Kier molecular flexibility index (Phi) is 6.80. The summed E-state index contributed by atoms with van der Waals surface area (Å²) in [7, 11) is 3.33. The number of benzene rings is 2. The fourth-order valence-electron chi connectivity index (χ4n) is 4.01. The predicted octanol–water partition coefficient (Wildman–Crippen LogP) is 4.83. The minimum absolute atomic E-state index is 0.378. The Balaban J connectivity index is 2.25. The number of carbonyl (C=O) groups excluding carboxylic acids is 1. The molecular formula is C25H28N2O4. The molecule has 0 radical (unpaired) electrons. The van der Waals surface area contributed by atoms with E-state index in [0.29, 0.717) is 29.0 Å². The van der Waals surface area contributed by atoms with E-state index in [2.05, 4.69) is 0 Å². The van der Waals surface area contributed by atoms with Gasteiger partial charge in [-0.25, -0.2) is 0 Å². The van der Waals surface area contributed by atoms with Gasteiger partial charge in [-0.3, -0.25) is 9.59 Å². The Morgan fingerprint density at radius 1 is 1.10 bits per heavy atom. The number of nitrogens with two attached hydrogens (primary N) is 1. The summed E-state index contributed by atoms with van der Waals surface area (Å²) in [6, 6.07) is 16.9. The topological polar surface area (TPSA) is 94.6 Å². The standard InChI is InChI=1S/C25H28N2O4/c1-4-5-11-19(25(29)30)21-14-17(31-3)12-13-18(21)22-15-20(16-9-7-6-8-10-16)23(24(26)28)27(22)2/h6-10,12-15,19H,4-5,11H2,1-3H3,(H2,26,28)(H,29,30). The Morgan fingerprint density at radius 2 is 1.81 bits per heavy atom. The molecule has 0 aliphatic rings. The van der Waals surface area contributed by atoms with Crippen molar-refractivity contribution in [3.05, 3.63) is 65.9 Å². The van der Waals surface area contributed by atoms with E-state index in [9.17, 15) is 14.7 Å². The van der Waals surface area contributed by atoms with Gasteiger partial charge in [-0.05, 0) is 41.8 Å². The van der Waals surface area contributed by atoms with Gasteiger partial charge < -0.3 is 20.1 Å². The van der Waals surface area contributed by atoms with Crippen molar-refractivity contribution in [2.24, 2.45) is 12.8 Å². The van der Waals surface area contributed by atoms with Crippen molar-refractivity contribution in [1.82, 2.24) is 4.57 Å². The van der Waals surface area contributed by atoms with Gasteiger partial charge in [-0.1, -0.05) is 50.1 Å². The molecular weight excluding hydrogens is 392 g/mol. The maximum absolute atomic E-state index is 12.3. The summed E-state index contributed by atoms with van der Waals surface area (Å²) in [5.74, 6) is -1.51. The van der Waals surface area contributed by atoms with Crippen LogP contribution < -0.4 is 10.5 Å². The van der Waals surface area contributed by atoms with Gasteiger partial charge in [0.05, 0.1) is 13.0 Å². The van der Waals surface area contributed by atoms with Crippen molar-refractivity contribution in [2.75, 3.05) is 7.11 Å². The lowest BCUT2D eigenvalue weighted by Gasteiger charge is -2.19. The van der Waals surface area contributed by atoms with Crippen LogP contribution in [0.5, 0.6) is 5.75 Å². The molecule has 0 aliphatic carbocycles. The third-order valence-electron chi connectivity index (χ3n) is 5.61. The number of hydrogen-bond acceptors (Lipinski definition) is 3. The minimum atomic E-state index is -0.879. The monoisotopic (exact) mass is 420 g/mol. The average molecular weight is 421 g/mol. The number of amides is 1. The summed E-state index contributed by atoms with van der Waals surface area (Å²) in [4.78, 5) is 24.5. The number of carbonyl (C=O) groups is 2. The van der Waals surface area contributed by atoms with Crippen LogP contribution >= 0.6 is 0 Å². The van der Waals surface area contributed by atoms with Crippen LogP contribution in [0.3, 0.4) is 0 Å². The van der Waals surface area contributed by atoms with Gasteiger partial charge in [0, 0.05) is 23.9 Å². The molecule has 1 heterocycles. The number of aliphatic carboxylic acids is 1. The first-order valence-electron chi connectivity index (χ1n) is 10.3. The number of primary amides is 1. The number of rotatable bonds is 9. The van der Waals surface area contributed by atoms with E-state index in [4.69, 9.17) is 10.5 Å². The zero-order valence-electron chi connectivity index (χ0n) is 18.1. The lowest BCUT2D eigenvalue weighted by molar-refractivity contribution is -0.139. The minimum Gasteiger partial charge on any atom is -0.497 e. The van der Waals surface area contributed by atoms with Gasteiger partial charge >= 0.3 is 5.97 Å². The quantitative estimate of drug-likeness (QED) is 0.519. The maximum Gasteiger partial charge on any atom is 0.310 e. The second kappa shape index (κ2) is 9.51. The van der Waals surface area contributed by atoms with Gasteiger partial charge in [0.2, 0.25) is 0 Å². The number of nitrogens with zero attached hydrogens (tertiary/aromatic N) is 1. The highest BCUT2D eigenvalue weighted by molar-refractivity contribution is 6.00. The van der Waals surface area contributed by atoms with Crippen LogP contribution in [-0.2, 0) is 11.8 Å². The highest BCUT2D eigenvalue weighted by Gasteiger charge is 2.26. The van der Waals surface area contributed by atoms with Crippen LogP contribution in [0.25, 0.3) is 22.4 Å². The smallest absolute Gasteiger partial charge is 0.310 e. The first-order chi connectivity index (χ1) is 14.9. The van der Waals surface area contributed by atoms with E-state index in [1.54, 1.807) is 30.9 Å². The van der Waals surface area contributed by atoms with Crippen molar-refractivity contribution >= 4 is 11.9 Å². The second-order valence-electron chi connectivity index (χ2n) is 7.57. The van der Waals surface area contributed by atoms with E-state index < -0.39 is 17.8 Å². The van der Waals surface area contributed by atoms with E-state index in [-0.39, 0.29) is 0 Å². The third kappa shape index (κ3) is 4.48. The number of carboxylic acid groups (broad SMARTS) is 1. The molecule has 0 fully saturated rings. The normalized spacial score (nSPS) is 11.8. The molecule has 1 aromatic heterocycles. The molecule has 6 nitrogen and oxygen atoms in total. The van der Waals surface area contributed by atoms with E-state index in [1.807, 2.05) is 49.4 Å². The van der Waals surface area contributed by atoms with Crippen molar-refractivity contribution in [2.45, 2.75) is 32.1 Å². The van der Waals surface area contributed by atoms with Crippen molar-refractivity contribution in [3.8, 4) is 28.1 Å². The number of aromatic nitrogens is 1. The first kappa shape index (κ1) is 22.2. The molecule has 3 aromatic rings. The Bertz CT molecular complexity index is 1090. The van der Waals surface area contributed by atoms with Gasteiger partial charge in [-0.2, -0.15) is 0 Å². The maximum atomic E-state index is 12.3. The summed E-state index contributed by atoms with van der Waals surface area (Å²) >= 11 is 0. The molecule has 31 heavy (non-hydrogen) atoms. The summed E-state index contributed by atoms with van der Waals surface area (Å²) in [5, 5.41) is 9.96. The van der Waals surface area contributed by atoms with Crippen molar-refractivity contribution in [1.29, 1.82) is 0 Å². The predicted molar refractivity (Wildman–Crippen MR) is 121 cm³/mol. The van der Waals surface area contributed by atoms with Crippen molar-refractivity contribution < 1.29 is 19.4 Å². The largest absolute Gasteiger partial charge is 0.497 e. The molecule has 0 spiro atoms. The lowest BCUT2D eigenvalue weighted by Crippen LogP contribution is -2.17. The fourth-order valence-corrected chi connectivity index (χ4v) is 4.01. The summed E-state index contributed by atoms with van der Waals surface area (Å²) in [6.07, 6.45) is 2.21. The lowest BCUT2D eigenvalue weighted by atomic mass is 9.88. The molecule has 0 aliphatic heterocycles. The van der Waals surface area contributed by atoms with Gasteiger partial charge in [0.1, 0.15) is 11.4 Å². The molecule has 162 valence electrons. The SMILES string of the molecule is CCCCC(C(=O)O)c1cc(OC)ccc1-c1cc(-c2ccccc2)c(C(N)=O)n1C. The molecule has 2 aromatic carbocycles. The van der Waals surface area contributed by atoms with Gasteiger partial charge in [-0.15, -0.1) is 0 Å². The zero-order chi connectivity index (χ0) is 22.5. The molecule has 0 saturated heterocycles. The van der Waals surface area contributed by atoms with E-state index in [0.717, 1.165) is 29.7 Å². The number of carboxylic acids is 1. The fraction of sp³-hybridized carbons (Fsp3) is 0.280. The molecule has 3 rings (SSSR count). The number of hydrogen-bond donors (Lipinski definition) is 2. The van der Waals surface area contributed by atoms with E-state index >= 15 is 0 Å². The van der Waals surface area contributed by atoms with Crippen LogP contribution in [-0.4, -0.2) is 28.7 Å². The van der Waals surface area contributed by atoms with Crippen LogP contribution in [0.4, 0.5) is 0 Å².